The molecule has 3 nitrogen and oxygen atoms in total. The third-order valence-corrected chi connectivity index (χ3v) is 4.05. The molecule has 0 fully saturated rings. The molecule has 1 amide bonds. The number of nitrogens with two attached hydrogens (primary N) is 1. The summed E-state index contributed by atoms with van der Waals surface area (Å²) in [5.41, 5.74) is 5.50. The number of thiophene rings is 1. The Morgan fingerprint density at radius 3 is 2.88 bits per heavy atom. The van der Waals surface area contributed by atoms with Crippen LogP contribution in [0.2, 0.25) is 0 Å². The fourth-order valence-electron chi connectivity index (χ4n) is 1.30. The van der Waals surface area contributed by atoms with Crippen molar-refractivity contribution < 1.29 is 4.79 Å². The van der Waals surface area contributed by atoms with Gasteiger partial charge in [0, 0.05) is 28.2 Å². The van der Waals surface area contributed by atoms with Crippen LogP contribution < -0.4 is 5.73 Å². The van der Waals surface area contributed by atoms with Gasteiger partial charge in [-0.15, -0.1) is 11.3 Å². The van der Waals surface area contributed by atoms with Crippen LogP contribution in [0.15, 0.2) is 15.9 Å². The highest BCUT2D eigenvalue weighted by Gasteiger charge is 2.13. The zero-order valence-electron chi connectivity index (χ0n) is 9.57. The molecule has 0 bridgehead atoms. The van der Waals surface area contributed by atoms with Gasteiger partial charge in [0.05, 0.1) is 6.54 Å². The van der Waals surface area contributed by atoms with E-state index in [0.29, 0.717) is 19.5 Å². The zero-order valence-corrected chi connectivity index (χ0v) is 12.0. The number of hydrogen-bond donors (Lipinski definition) is 1. The lowest BCUT2D eigenvalue weighted by molar-refractivity contribution is -0.131. The lowest BCUT2D eigenvalue weighted by Gasteiger charge is -2.18. The van der Waals surface area contributed by atoms with E-state index in [0.717, 1.165) is 4.47 Å². The number of halogens is 1. The van der Waals surface area contributed by atoms with E-state index in [1.807, 2.05) is 25.4 Å². The fourth-order valence-corrected chi connectivity index (χ4v) is 2.80. The molecule has 1 rings (SSSR count). The summed E-state index contributed by atoms with van der Waals surface area (Å²) in [4.78, 5) is 14.7. The molecule has 1 unspecified atom stereocenters. The van der Waals surface area contributed by atoms with E-state index in [2.05, 4.69) is 15.9 Å². The van der Waals surface area contributed by atoms with E-state index in [-0.39, 0.29) is 11.8 Å². The van der Waals surface area contributed by atoms with Crippen LogP contribution in [0, 0.1) is 5.92 Å². The van der Waals surface area contributed by atoms with Gasteiger partial charge in [0.15, 0.2) is 0 Å². The largest absolute Gasteiger partial charge is 0.341 e. The van der Waals surface area contributed by atoms with E-state index in [1.54, 1.807) is 16.2 Å². The van der Waals surface area contributed by atoms with Gasteiger partial charge in [0.1, 0.15) is 0 Å². The van der Waals surface area contributed by atoms with Gasteiger partial charge in [-0.2, -0.15) is 0 Å². The first kappa shape index (κ1) is 13.7. The molecule has 0 aliphatic rings. The molecule has 1 aromatic rings. The summed E-state index contributed by atoms with van der Waals surface area (Å²) in [7, 11) is 1.83. The van der Waals surface area contributed by atoms with Gasteiger partial charge in [0.25, 0.3) is 0 Å². The van der Waals surface area contributed by atoms with Crippen molar-refractivity contribution in [3.05, 3.63) is 20.8 Å². The summed E-state index contributed by atoms with van der Waals surface area (Å²) in [6.45, 7) is 3.23. The average molecular weight is 305 g/mol. The third kappa shape index (κ3) is 4.23. The molecule has 0 saturated carbocycles. The van der Waals surface area contributed by atoms with Crippen molar-refractivity contribution in [3.63, 3.8) is 0 Å². The molecule has 0 aromatic carbocycles. The second kappa shape index (κ2) is 6.37. The van der Waals surface area contributed by atoms with Crippen molar-refractivity contribution in [2.45, 2.75) is 19.9 Å². The highest BCUT2D eigenvalue weighted by atomic mass is 79.9. The monoisotopic (exact) mass is 304 g/mol. The maximum Gasteiger partial charge on any atom is 0.222 e. The fraction of sp³-hybridized carbons (Fsp3) is 0.545. The minimum Gasteiger partial charge on any atom is -0.341 e. The van der Waals surface area contributed by atoms with Crippen molar-refractivity contribution in [3.8, 4) is 0 Å². The van der Waals surface area contributed by atoms with E-state index in [1.165, 1.54) is 4.88 Å². The topological polar surface area (TPSA) is 46.3 Å². The van der Waals surface area contributed by atoms with Gasteiger partial charge in [-0.25, -0.2) is 0 Å². The van der Waals surface area contributed by atoms with E-state index >= 15 is 0 Å². The number of amides is 1. The lowest BCUT2D eigenvalue weighted by atomic mass is 10.1. The highest BCUT2D eigenvalue weighted by Crippen LogP contribution is 2.21. The van der Waals surface area contributed by atoms with Crippen molar-refractivity contribution in [2.75, 3.05) is 13.6 Å². The molecular formula is C11H17BrN2OS. The SMILES string of the molecule is CC(CN)CC(=O)N(C)Cc1cc(Br)cs1. The number of hydrogen-bond acceptors (Lipinski definition) is 3. The molecule has 90 valence electrons. The first-order valence-electron chi connectivity index (χ1n) is 5.20. The number of carbonyl (C=O) groups is 1. The molecular weight excluding hydrogens is 288 g/mol. The Hall–Kier alpha value is -0.390. The van der Waals surface area contributed by atoms with Gasteiger partial charge in [-0.1, -0.05) is 6.92 Å². The highest BCUT2D eigenvalue weighted by molar-refractivity contribution is 9.10. The molecule has 1 atom stereocenters. The van der Waals surface area contributed by atoms with Crippen molar-refractivity contribution in [1.82, 2.24) is 4.90 Å². The molecule has 5 heteroatoms. The predicted octanol–water partition coefficient (Wildman–Crippen LogP) is 2.45. The maximum absolute atomic E-state index is 11.8. The summed E-state index contributed by atoms with van der Waals surface area (Å²) in [6.07, 6.45) is 0.527. The Morgan fingerprint density at radius 1 is 1.69 bits per heavy atom. The molecule has 0 aliphatic carbocycles. The minimum absolute atomic E-state index is 0.155. The van der Waals surface area contributed by atoms with Crippen LogP contribution in [-0.4, -0.2) is 24.4 Å². The predicted molar refractivity (Wildman–Crippen MR) is 71.3 cm³/mol. The molecule has 1 heterocycles. The first-order valence-corrected chi connectivity index (χ1v) is 6.87. The van der Waals surface area contributed by atoms with Crippen molar-refractivity contribution in [2.24, 2.45) is 11.7 Å². The van der Waals surface area contributed by atoms with Crippen LogP contribution in [0.25, 0.3) is 0 Å². The Bertz CT molecular complexity index is 354. The second-order valence-electron chi connectivity index (χ2n) is 4.03. The molecule has 0 spiro atoms. The van der Waals surface area contributed by atoms with Crippen LogP contribution in [0.4, 0.5) is 0 Å². The minimum atomic E-state index is 0.155. The van der Waals surface area contributed by atoms with Crippen LogP contribution in [0.1, 0.15) is 18.2 Å². The van der Waals surface area contributed by atoms with Crippen LogP contribution in [-0.2, 0) is 11.3 Å². The Labute approximate surface area is 109 Å². The average Bonchev–Trinajstić information content (AvgIpc) is 2.63. The molecule has 16 heavy (non-hydrogen) atoms. The van der Waals surface area contributed by atoms with E-state index in [9.17, 15) is 4.79 Å². The Kier molecular flexibility index (Phi) is 5.44. The van der Waals surface area contributed by atoms with Crippen molar-refractivity contribution >= 4 is 33.2 Å². The van der Waals surface area contributed by atoms with Gasteiger partial charge in [-0.3, -0.25) is 4.79 Å². The number of carbonyl (C=O) groups excluding carboxylic acids is 1. The Balaban J connectivity index is 2.45. The quantitative estimate of drug-likeness (QED) is 0.908. The summed E-state index contributed by atoms with van der Waals surface area (Å²) in [5, 5.41) is 2.02. The molecule has 2 N–H and O–H groups in total. The third-order valence-electron chi connectivity index (χ3n) is 2.37. The molecule has 0 aliphatic heterocycles. The van der Waals surface area contributed by atoms with Gasteiger partial charge >= 0.3 is 0 Å². The van der Waals surface area contributed by atoms with Crippen LogP contribution in [0.3, 0.4) is 0 Å². The second-order valence-corrected chi connectivity index (χ2v) is 5.94. The van der Waals surface area contributed by atoms with E-state index < -0.39 is 0 Å². The normalized spacial score (nSPS) is 12.5. The molecule has 1 aromatic heterocycles. The van der Waals surface area contributed by atoms with Crippen molar-refractivity contribution in [1.29, 1.82) is 0 Å². The van der Waals surface area contributed by atoms with E-state index in [4.69, 9.17) is 5.73 Å². The number of nitrogens with zero attached hydrogens (tertiary/aromatic N) is 1. The number of rotatable bonds is 5. The Morgan fingerprint density at radius 2 is 2.38 bits per heavy atom. The van der Waals surface area contributed by atoms with Gasteiger partial charge < -0.3 is 10.6 Å². The van der Waals surface area contributed by atoms with Crippen LogP contribution >= 0.6 is 27.3 Å². The maximum atomic E-state index is 11.8. The first-order chi connectivity index (χ1) is 7.52. The molecule has 0 saturated heterocycles. The summed E-state index contributed by atoms with van der Waals surface area (Å²) in [6, 6.07) is 2.04. The smallest absolute Gasteiger partial charge is 0.222 e. The summed E-state index contributed by atoms with van der Waals surface area (Å²) in [5.74, 6) is 0.410. The lowest BCUT2D eigenvalue weighted by Crippen LogP contribution is -2.28. The van der Waals surface area contributed by atoms with Gasteiger partial charge in [-0.05, 0) is 34.5 Å². The van der Waals surface area contributed by atoms with Gasteiger partial charge in [0.2, 0.25) is 5.91 Å². The summed E-state index contributed by atoms with van der Waals surface area (Å²) >= 11 is 5.06. The standard InChI is InChI=1S/C11H17BrN2OS/c1-8(5-13)3-11(15)14(2)6-10-4-9(12)7-16-10/h4,7-8H,3,5-6,13H2,1-2H3. The van der Waals surface area contributed by atoms with Crippen LogP contribution in [0.5, 0.6) is 0 Å². The summed E-state index contributed by atoms with van der Waals surface area (Å²) < 4.78 is 1.07. The zero-order chi connectivity index (χ0) is 12.1. The molecule has 0 radical (unpaired) electrons.